The summed E-state index contributed by atoms with van der Waals surface area (Å²) in [7, 11) is 2.03. The lowest BCUT2D eigenvalue weighted by molar-refractivity contribution is 0.340. The lowest BCUT2D eigenvalue weighted by Gasteiger charge is -2.22. The van der Waals surface area contributed by atoms with Crippen molar-refractivity contribution >= 4 is 29.9 Å². The minimum Gasteiger partial charge on any atom is -0.494 e. The Morgan fingerprint density at radius 1 is 1.25 bits per heavy atom. The van der Waals surface area contributed by atoms with E-state index in [1.54, 1.807) is 6.20 Å². The third-order valence-corrected chi connectivity index (χ3v) is 3.31. The number of ether oxygens (including phenoxy) is 1. The number of halogens is 1. The van der Waals surface area contributed by atoms with Crippen LogP contribution in [0.5, 0.6) is 5.75 Å². The Morgan fingerprint density at radius 3 is 2.58 bits per heavy atom. The van der Waals surface area contributed by atoms with Crippen LogP contribution in [0.2, 0.25) is 0 Å². The molecule has 0 spiro atoms. The van der Waals surface area contributed by atoms with Crippen LogP contribution in [0, 0.1) is 0 Å². The van der Waals surface area contributed by atoms with Crippen molar-refractivity contribution in [1.29, 1.82) is 0 Å². The molecule has 0 unspecified atom stereocenters. The molecule has 0 radical (unpaired) electrons. The quantitative estimate of drug-likeness (QED) is 0.392. The highest BCUT2D eigenvalue weighted by molar-refractivity contribution is 14.0. The van der Waals surface area contributed by atoms with Gasteiger partial charge < -0.3 is 15.0 Å². The lowest BCUT2D eigenvalue weighted by Crippen LogP contribution is -2.38. The number of aliphatic imine (C=N–C) groups is 1. The van der Waals surface area contributed by atoms with Crippen LogP contribution in [0.25, 0.3) is 0 Å². The predicted molar refractivity (Wildman–Crippen MR) is 108 cm³/mol. The first-order valence-corrected chi connectivity index (χ1v) is 7.92. The fourth-order valence-electron chi connectivity index (χ4n) is 2.21. The fraction of sp³-hybridized carbons (Fsp3) is 0.412. The van der Waals surface area contributed by atoms with Crippen LogP contribution in [0.4, 0.5) is 0 Å². The molecule has 132 valence electrons. The van der Waals surface area contributed by atoms with Crippen molar-refractivity contribution in [2.45, 2.75) is 26.9 Å². The zero-order valence-corrected chi connectivity index (χ0v) is 16.8. The van der Waals surface area contributed by atoms with Gasteiger partial charge >= 0.3 is 0 Å². The molecule has 6 nitrogen and oxygen atoms in total. The van der Waals surface area contributed by atoms with Crippen molar-refractivity contribution in [2.75, 3.05) is 20.2 Å². The Bertz CT molecular complexity index is 598. The SMILES string of the molecule is CCNC(=NCc1ccn[nH]1)N(C)Cc1ccc(OCC)cc1.I. The summed E-state index contributed by atoms with van der Waals surface area (Å²) in [5.41, 5.74) is 2.21. The van der Waals surface area contributed by atoms with E-state index in [2.05, 4.69) is 44.5 Å². The molecule has 7 heteroatoms. The number of hydrogen-bond donors (Lipinski definition) is 2. The van der Waals surface area contributed by atoms with Crippen molar-refractivity contribution in [3.63, 3.8) is 0 Å². The Labute approximate surface area is 160 Å². The van der Waals surface area contributed by atoms with Crippen molar-refractivity contribution in [3.8, 4) is 5.75 Å². The summed E-state index contributed by atoms with van der Waals surface area (Å²) in [6.45, 7) is 6.92. The minimum absolute atomic E-state index is 0. The van der Waals surface area contributed by atoms with Crippen LogP contribution in [-0.2, 0) is 13.1 Å². The monoisotopic (exact) mass is 443 g/mol. The molecule has 2 aromatic rings. The van der Waals surface area contributed by atoms with Gasteiger partial charge in [-0.3, -0.25) is 5.10 Å². The van der Waals surface area contributed by atoms with E-state index in [0.29, 0.717) is 13.2 Å². The standard InChI is InChI=1S/C17H25N5O.HI/c1-4-18-17(19-12-15-10-11-20-21-15)22(3)13-14-6-8-16(9-7-14)23-5-2;/h6-11H,4-5,12-13H2,1-3H3,(H,18,19)(H,20,21);1H. The number of nitrogens with zero attached hydrogens (tertiary/aromatic N) is 3. The summed E-state index contributed by atoms with van der Waals surface area (Å²) in [6, 6.07) is 10.1. The molecule has 0 saturated heterocycles. The van der Waals surface area contributed by atoms with E-state index in [9.17, 15) is 0 Å². The summed E-state index contributed by atoms with van der Waals surface area (Å²) in [4.78, 5) is 6.74. The first-order chi connectivity index (χ1) is 11.2. The molecule has 0 aliphatic heterocycles. The highest BCUT2D eigenvalue weighted by atomic mass is 127. The Balaban J connectivity index is 0.00000288. The number of hydrogen-bond acceptors (Lipinski definition) is 3. The first kappa shape index (κ1) is 20.3. The van der Waals surface area contributed by atoms with E-state index in [1.165, 1.54) is 5.56 Å². The highest BCUT2D eigenvalue weighted by Gasteiger charge is 2.07. The van der Waals surface area contributed by atoms with Gasteiger partial charge in [0.2, 0.25) is 0 Å². The van der Waals surface area contributed by atoms with E-state index in [0.717, 1.165) is 30.5 Å². The van der Waals surface area contributed by atoms with Gasteiger partial charge in [-0.1, -0.05) is 12.1 Å². The fourth-order valence-corrected chi connectivity index (χ4v) is 2.21. The van der Waals surface area contributed by atoms with Crippen molar-refractivity contribution in [2.24, 2.45) is 4.99 Å². The molecule has 2 rings (SSSR count). The van der Waals surface area contributed by atoms with Gasteiger partial charge in [-0.25, -0.2) is 4.99 Å². The molecule has 0 fully saturated rings. The van der Waals surface area contributed by atoms with Gasteiger partial charge in [-0.15, -0.1) is 24.0 Å². The van der Waals surface area contributed by atoms with Crippen LogP contribution < -0.4 is 10.1 Å². The van der Waals surface area contributed by atoms with Crippen LogP contribution in [0.1, 0.15) is 25.1 Å². The Morgan fingerprint density at radius 2 is 2.00 bits per heavy atom. The van der Waals surface area contributed by atoms with E-state index in [-0.39, 0.29) is 24.0 Å². The average Bonchev–Trinajstić information content (AvgIpc) is 3.07. The van der Waals surface area contributed by atoms with Gasteiger partial charge in [-0.05, 0) is 37.6 Å². The Hall–Kier alpha value is -1.77. The second kappa shape index (κ2) is 10.9. The number of benzene rings is 1. The van der Waals surface area contributed by atoms with E-state index < -0.39 is 0 Å². The molecular formula is C17H26IN5O. The smallest absolute Gasteiger partial charge is 0.194 e. The molecule has 24 heavy (non-hydrogen) atoms. The van der Waals surface area contributed by atoms with Crippen LogP contribution >= 0.6 is 24.0 Å². The number of nitrogens with one attached hydrogen (secondary N) is 2. The van der Waals surface area contributed by atoms with E-state index >= 15 is 0 Å². The number of aromatic amines is 1. The molecule has 0 aliphatic rings. The van der Waals surface area contributed by atoms with Gasteiger partial charge in [0.25, 0.3) is 0 Å². The van der Waals surface area contributed by atoms with Crippen molar-refractivity contribution < 1.29 is 4.74 Å². The summed E-state index contributed by atoms with van der Waals surface area (Å²) < 4.78 is 5.47. The van der Waals surface area contributed by atoms with Crippen molar-refractivity contribution in [1.82, 2.24) is 20.4 Å². The predicted octanol–water partition coefficient (Wildman–Crippen LogP) is 3.02. The Kier molecular flexibility index (Phi) is 9.21. The number of aromatic nitrogens is 2. The second-order valence-electron chi connectivity index (χ2n) is 5.19. The van der Waals surface area contributed by atoms with Crippen LogP contribution in [0.3, 0.4) is 0 Å². The van der Waals surface area contributed by atoms with Gasteiger partial charge in [0.05, 0.1) is 18.8 Å². The van der Waals surface area contributed by atoms with Gasteiger partial charge in [0, 0.05) is 26.3 Å². The molecule has 1 aromatic carbocycles. The minimum atomic E-state index is 0. The van der Waals surface area contributed by atoms with E-state index in [4.69, 9.17) is 4.74 Å². The topological polar surface area (TPSA) is 65.5 Å². The molecule has 0 saturated carbocycles. The third-order valence-electron chi connectivity index (χ3n) is 3.31. The maximum Gasteiger partial charge on any atom is 0.194 e. The molecule has 1 aromatic heterocycles. The largest absolute Gasteiger partial charge is 0.494 e. The molecule has 0 aliphatic carbocycles. The zero-order valence-electron chi connectivity index (χ0n) is 14.5. The number of rotatable bonds is 7. The van der Waals surface area contributed by atoms with Crippen LogP contribution in [-0.4, -0.2) is 41.3 Å². The molecule has 1 heterocycles. The zero-order chi connectivity index (χ0) is 16.5. The van der Waals surface area contributed by atoms with Crippen molar-refractivity contribution in [3.05, 3.63) is 47.8 Å². The first-order valence-electron chi connectivity index (χ1n) is 7.92. The molecule has 0 amide bonds. The number of guanidine groups is 1. The molecular weight excluding hydrogens is 417 g/mol. The maximum absolute atomic E-state index is 5.47. The summed E-state index contributed by atoms with van der Waals surface area (Å²) in [6.07, 6.45) is 1.74. The van der Waals surface area contributed by atoms with Gasteiger partial charge in [0.1, 0.15) is 5.75 Å². The second-order valence-corrected chi connectivity index (χ2v) is 5.19. The summed E-state index contributed by atoms with van der Waals surface area (Å²) >= 11 is 0. The lowest BCUT2D eigenvalue weighted by atomic mass is 10.2. The van der Waals surface area contributed by atoms with Gasteiger partial charge in [-0.2, -0.15) is 5.10 Å². The normalized spacial score (nSPS) is 10.9. The van der Waals surface area contributed by atoms with Crippen LogP contribution in [0.15, 0.2) is 41.5 Å². The van der Waals surface area contributed by atoms with Gasteiger partial charge in [0.15, 0.2) is 5.96 Å². The molecule has 0 atom stereocenters. The molecule has 0 bridgehead atoms. The maximum atomic E-state index is 5.47. The van der Waals surface area contributed by atoms with E-state index in [1.807, 2.05) is 32.2 Å². The number of H-pyrrole nitrogens is 1. The highest BCUT2D eigenvalue weighted by Crippen LogP contribution is 2.13. The summed E-state index contributed by atoms with van der Waals surface area (Å²) in [5, 5.41) is 10.2. The summed E-state index contributed by atoms with van der Waals surface area (Å²) in [5.74, 6) is 1.77. The third kappa shape index (κ3) is 6.38. The average molecular weight is 443 g/mol. The molecule has 2 N–H and O–H groups in total.